The van der Waals surface area contributed by atoms with Crippen LogP contribution in [0, 0.1) is 11.3 Å². The van der Waals surface area contributed by atoms with Gasteiger partial charge in [-0.2, -0.15) is 5.26 Å². The molecule has 1 aromatic heterocycles. The van der Waals surface area contributed by atoms with E-state index in [4.69, 9.17) is 22.1 Å². The van der Waals surface area contributed by atoms with Crippen LogP contribution in [0.15, 0.2) is 48.7 Å². The van der Waals surface area contributed by atoms with E-state index in [1.165, 1.54) is 0 Å². The molecule has 6 heteroatoms. The lowest BCUT2D eigenvalue weighted by Crippen LogP contribution is -1.97. The van der Waals surface area contributed by atoms with Crippen LogP contribution in [0.2, 0.25) is 5.02 Å². The van der Waals surface area contributed by atoms with Gasteiger partial charge in [-0.3, -0.25) is 0 Å². The molecule has 120 valence electrons. The average Bonchev–Trinajstić information content (AvgIpc) is 3.05. The average molecular weight is 339 g/mol. The second-order valence-electron chi connectivity index (χ2n) is 5.21. The molecule has 3 aromatic rings. The van der Waals surface area contributed by atoms with Crippen LogP contribution >= 0.6 is 11.6 Å². The molecule has 5 nitrogen and oxygen atoms in total. The van der Waals surface area contributed by atoms with Crippen molar-refractivity contribution < 1.29 is 4.74 Å². The molecular formula is C18H15ClN4O. The van der Waals surface area contributed by atoms with Crippen molar-refractivity contribution in [1.82, 2.24) is 9.97 Å². The molecule has 1 heterocycles. The third kappa shape index (κ3) is 3.57. The molecule has 0 aliphatic rings. The highest BCUT2D eigenvalue weighted by Crippen LogP contribution is 2.31. The van der Waals surface area contributed by atoms with E-state index >= 15 is 0 Å². The number of hydrogen-bond acceptors (Lipinski definition) is 4. The van der Waals surface area contributed by atoms with Gasteiger partial charge in [0, 0.05) is 24.9 Å². The summed E-state index contributed by atoms with van der Waals surface area (Å²) in [7, 11) is 0. The maximum absolute atomic E-state index is 9.29. The highest BCUT2D eigenvalue weighted by Gasteiger charge is 2.10. The van der Waals surface area contributed by atoms with Crippen molar-refractivity contribution in [2.75, 3.05) is 0 Å². The van der Waals surface area contributed by atoms with Crippen molar-refractivity contribution in [3.05, 3.63) is 76.3 Å². The summed E-state index contributed by atoms with van der Waals surface area (Å²) in [4.78, 5) is 7.45. The molecule has 0 aliphatic carbocycles. The number of para-hydroxylation sites is 1. The standard InChI is InChI=1S/C18H15ClN4O/c19-15-3-1-2-4-16(15)24-17-7-12(5-6-13(17)9-20)8-18-22-11-14(10-21)23-18/h1-7,11H,8,10,21H2,(H,22,23). The van der Waals surface area contributed by atoms with E-state index in [9.17, 15) is 5.26 Å². The maximum Gasteiger partial charge on any atom is 0.146 e. The number of ether oxygens (including phenoxy) is 1. The fourth-order valence-corrected chi connectivity index (χ4v) is 2.47. The SMILES string of the molecule is N#Cc1ccc(Cc2ncc(CN)[nH]2)cc1Oc1ccccc1Cl. The Morgan fingerprint density at radius 2 is 2.04 bits per heavy atom. The van der Waals surface area contributed by atoms with E-state index in [2.05, 4.69) is 16.0 Å². The van der Waals surface area contributed by atoms with Crippen molar-refractivity contribution in [3.63, 3.8) is 0 Å². The molecule has 0 bridgehead atoms. The molecule has 0 saturated carbocycles. The minimum Gasteiger partial charge on any atom is -0.454 e. The zero-order valence-corrected chi connectivity index (χ0v) is 13.5. The van der Waals surface area contributed by atoms with E-state index in [0.717, 1.165) is 17.1 Å². The Hall–Kier alpha value is -2.81. The van der Waals surface area contributed by atoms with E-state index < -0.39 is 0 Å². The summed E-state index contributed by atoms with van der Waals surface area (Å²) in [6.07, 6.45) is 2.31. The first-order chi connectivity index (χ1) is 11.7. The van der Waals surface area contributed by atoms with Crippen LogP contribution < -0.4 is 10.5 Å². The van der Waals surface area contributed by atoms with Gasteiger partial charge in [-0.15, -0.1) is 0 Å². The number of rotatable bonds is 5. The van der Waals surface area contributed by atoms with Crippen LogP contribution in [0.1, 0.15) is 22.6 Å². The number of nitrogens with zero attached hydrogens (tertiary/aromatic N) is 2. The molecule has 0 spiro atoms. The van der Waals surface area contributed by atoms with Crippen LogP contribution in [0.3, 0.4) is 0 Å². The fourth-order valence-electron chi connectivity index (χ4n) is 2.29. The van der Waals surface area contributed by atoms with E-state index in [1.54, 1.807) is 24.4 Å². The van der Waals surface area contributed by atoms with Gasteiger partial charge in [0.1, 0.15) is 23.4 Å². The Kier molecular flexibility index (Phi) is 4.80. The molecule has 0 atom stereocenters. The molecule has 3 rings (SSSR count). The highest BCUT2D eigenvalue weighted by atomic mass is 35.5. The zero-order chi connectivity index (χ0) is 16.9. The normalized spacial score (nSPS) is 10.4. The predicted octanol–water partition coefficient (Wildman–Crippen LogP) is 3.78. The Morgan fingerprint density at radius 3 is 2.75 bits per heavy atom. The molecule has 0 radical (unpaired) electrons. The number of aromatic nitrogens is 2. The number of nitrogens with two attached hydrogens (primary N) is 1. The summed E-state index contributed by atoms with van der Waals surface area (Å²) in [5.41, 5.74) is 7.87. The topological polar surface area (TPSA) is 87.7 Å². The molecule has 0 fully saturated rings. The lowest BCUT2D eigenvalue weighted by molar-refractivity contribution is 0.480. The number of nitrogens with one attached hydrogen (secondary N) is 1. The molecule has 0 unspecified atom stereocenters. The molecule has 0 amide bonds. The minimum atomic E-state index is 0.418. The van der Waals surface area contributed by atoms with Gasteiger partial charge in [0.25, 0.3) is 0 Å². The van der Waals surface area contributed by atoms with Crippen molar-refractivity contribution in [2.24, 2.45) is 5.73 Å². The second-order valence-corrected chi connectivity index (χ2v) is 5.62. The summed E-state index contributed by atoms with van der Waals surface area (Å²) in [6, 6.07) is 14.7. The largest absolute Gasteiger partial charge is 0.454 e. The molecule has 2 aromatic carbocycles. The van der Waals surface area contributed by atoms with Crippen LogP contribution in [0.5, 0.6) is 11.5 Å². The van der Waals surface area contributed by atoms with Crippen LogP contribution in [-0.4, -0.2) is 9.97 Å². The summed E-state index contributed by atoms with van der Waals surface area (Å²) >= 11 is 6.12. The zero-order valence-electron chi connectivity index (χ0n) is 12.8. The maximum atomic E-state index is 9.29. The van der Waals surface area contributed by atoms with Crippen molar-refractivity contribution in [3.8, 4) is 17.6 Å². The summed E-state index contributed by atoms with van der Waals surface area (Å²) in [5.74, 6) is 1.79. The smallest absolute Gasteiger partial charge is 0.146 e. The fraction of sp³-hybridized carbons (Fsp3) is 0.111. The van der Waals surface area contributed by atoms with Gasteiger partial charge in [0.05, 0.1) is 10.6 Å². The number of imidazole rings is 1. The number of benzene rings is 2. The van der Waals surface area contributed by atoms with Gasteiger partial charge >= 0.3 is 0 Å². The number of hydrogen-bond donors (Lipinski definition) is 2. The van der Waals surface area contributed by atoms with Crippen LogP contribution in [0.25, 0.3) is 0 Å². The first kappa shape index (κ1) is 16.1. The predicted molar refractivity (Wildman–Crippen MR) is 92.0 cm³/mol. The number of H-pyrrole nitrogens is 1. The number of nitriles is 1. The second kappa shape index (κ2) is 7.18. The third-order valence-electron chi connectivity index (χ3n) is 3.50. The first-order valence-electron chi connectivity index (χ1n) is 7.38. The molecule has 0 saturated heterocycles. The van der Waals surface area contributed by atoms with Gasteiger partial charge in [-0.25, -0.2) is 4.98 Å². The minimum absolute atomic E-state index is 0.418. The van der Waals surface area contributed by atoms with E-state index in [1.807, 2.05) is 24.3 Å². The summed E-state index contributed by atoms with van der Waals surface area (Å²) < 4.78 is 5.83. The Balaban J connectivity index is 1.88. The van der Waals surface area contributed by atoms with Crippen LogP contribution in [-0.2, 0) is 13.0 Å². The van der Waals surface area contributed by atoms with Crippen molar-refractivity contribution >= 4 is 11.6 Å². The van der Waals surface area contributed by atoms with E-state index in [-0.39, 0.29) is 0 Å². The highest BCUT2D eigenvalue weighted by molar-refractivity contribution is 6.32. The molecule has 0 aliphatic heterocycles. The third-order valence-corrected chi connectivity index (χ3v) is 3.81. The van der Waals surface area contributed by atoms with Crippen LogP contribution in [0.4, 0.5) is 0 Å². The summed E-state index contributed by atoms with van der Waals surface area (Å²) in [5, 5.41) is 9.78. The van der Waals surface area contributed by atoms with Crippen molar-refractivity contribution in [1.29, 1.82) is 5.26 Å². The molecular weight excluding hydrogens is 324 g/mol. The summed E-state index contributed by atoms with van der Waals surface area (Å²) in [6.45, 7) is 0.418. The van der Waals surface area contributed by atoms with Gasteiger partial charge in [-0.1, -0.05) is 29.8 Å². The van der Waals surface area contributed by atoms with Gasteiger partial charge in [0.2, 0.25) is 0 Å². The van der Waals surface area contributed by atoms with Crippen molar-refractivity contribution in [2.45, 2.75) is 13.0 Å². The Morgan fingerprint density at radius 1 is 1.21 bits per heavy atom. The monoisotopic (exact) mass is 338 g/mol. The first-order valence-corrected chi connectivity index (χ1v) is 7.75. The quantitative estimate of drug-likeness (QED) is 0.741. The lowest BCUT2D eigenvalue weighted by Gasteiger charge is -2.10. The number of halogens is 1. The van der Waals surface area contributed by atoms with Gasteiger partial charge in [-0.05, 0) is 29.8 Å². The van der Waals surface area contributed by atoms with Gasteiger partial charge < -0.3 is 15.5 Å². The Labute approximate surface area is 144 Å². The lowest BCUT2D eigenvalue weighted by atomic mass is 10.1. The number of aromatic amines is 1. The Bertz CT molecular complexity index is 898. The van der Waals surface area contributed by atoms with E-state index in [0.29, 0.717) is 35.1 Å². The van der Waals surface area contributed by atoms with Gasteiger partial charge in [0.15, 0.2) is 0 Å². The molecule has 24 heavy (non-hydrogen) atoms. The molecule has 3 N–H and O–H groups in total.